The van der Waals surface area contributed by atoms with E-state index in [0.717, 1.165) is 0 Å². The second kappa shape index (κ2) is 12.3. The molecule has 172 valence electrons. The highest BCUT2D eigenvalue weighted by Crippen LogP contribution is 2.28. The lowest BCUT2D eigenvalue weighted by atomic mass is 10.0. The summed E-state index contributed by atoms with van der Waals surface area (Å²) in [6, 6.07) is 8.94. The molecule has 0 radical (unpaired) electrons. The van der Waals surface area contributed by atoms with E-state index >= 15 is 0 Å². The van der Waals surface area contributed by atoms with Crippen molar-refractivity contribution in [2.24, 2.45) is 11.0 Å². The van der Waals surface area contributed by atoms with Gasteiger partial charge in [0, 0.05) is 10.6 Å². The number of hydrogen-bond acceptors (Lipinski definition) is 4. The van der Waals surface area contributed by atoms with Crippen LogP contribution in [0, 0.1) is 5.92 Å². The minimum absolute atomic E-state index is 0.138. The van der Waals surface area contributed by atoms with Crippen LogP contribution in [0.25, 0.3) is 0 Å². The van der Waals surface area contributed by atoms with Gasteiger partial charge in [-0.2, -0.15) is 5.10 Å². The molecule has 0 bridgehead atoms. The number of nitrogens with zero attached hydrogens (tertiary/aromatic N) is 1. The summed E-state index contributed by atoms with van der Waals surface area (Å²) >= 11 is 24.0. The molecule has 0 spiro atoms. The van der Waals surface area contributed by atoms with E-state index in [4.69, 9.17) is 51.1 Å². The molecule has 0 aliphatic carbocycles. The second-order valence-corrected chi connectivity index (χ2v) is 9.03. The van der Waals surface area contributed by atoms with Crippen LogP contribution in [-0.2, 0) is 9.59 Å². The Morgan fingerprint density at radius 2 is 1.75 bits per heavy atom. The third-order valence-corrected chi connectivity index (χ3v) is 5.63. The zero-order valence-corrected chi connectivity index (χ0v) is 20.7. The van der Waals surface area contributed by atoms with Gasteiger partial charge in [-0.1, -0.05) is 72.4 Å². The molecule has 0 aliphatic rings. The minimum atomic E-state index is -0.898. The SMILES string of the molecule is CC(C)C[C@@H](NC(=O)[C@@H](C)Oc1ccc(Cl)cc1Cl)C(=O)N/N=C\c1cccc(Cl)c1Cl. The van der Waals surface area contributed by atoms with E-state index in [1.54, 1.807) is 37.3 Å². The van der Waals surface area contributed by atoms with Crippen molar-refractivity contribution < 1.29 is 14.3 Å². The Labute approximate surface area is 207 Å². The van der Waals surface area contributed by atoms with Crippen molar-refractivity contribution >= 4 is 64.4 Å². The van der Waals surface area contributed by atoms with E-state index in [1.807, 2.05) is 13.8 Å². The number of benzene rings is 2. The van der Waals surface area contributed by atoms with Crippen LogP contribution in [0.4, 0.5) is 0 Å². The number of carbonyl (C=O) groups excluding carboxylic acids is 2. The average Bonchev–Trinajstić information content (AvgIpc) is 2.72. The molecular formula is C22H23Cl4N3O3. The number of hydrazone groups is 1. The Morgan fingerprint density at radius 3 is 2.41 bits per heavy atom. The van der Waals surface area contributed by atoms with Gasteiger partial charge in [0.1, 0.15) is 11.8 Å². The fourth-order valence-corrected chi connectivity index (χ4v) is 3.48. The van der Waals surface area contributed by atoms with Crippen molar-refractivity contribution in [1.82, 2.24) is 10.7 Å². The summed E-state index contributed by atoms with van der Waals surface area (Å²) in [4.78, 5) is 25.3. The van der Waals surface area contributed by atoms with Gasteiger partial charge in [-0.3, -0.25) is 9.59 Å². The molecule has 2 N–H and O–H groups in total. The lowest BCUT2D eigenvalue weighted by Crippen LogP contribution is -2.49. The lowest BCUT2D eigenvalue weighted by molar-refractivity contribution is -0.132. The first-order valence-electron chi connectivity index (χ1n) is 9.77. The molecule has 0 aliphatic heterocycles. The van der Waals surface area contributed by atoms with E-state index in [1.165, 1.54) is 12.3 Å². The first-order chi connectivity index (χ1) is 15.1. The summed E-state index contributed by atoms with van der Waals surface area (Å²) in [5.41, 5.74) is 2.98. The fraction of sp³-hybridized carbons (Fsp3) is 0.318. The summed E-state index contributed by atoms with van der Waals surface area (Å²) in [5.74, 6) is -0.497. The molecule has 0 saturated carbocycles. The molecule has 0 heterocycles. The monoisotopic (exact) mass is 517 g/mol. The van der Waals surface area contributed by atoms with Gasteiger partial charge in [0.05, 0.1) is 21.3 Å². The fourth-order valence-electron chi connectivity index (χ4n) is 2.67. The topological polar surface area (TPSA) is 79.8 Å². The highest BCUT2D eigenvalue weighted by Gasteiger charge is 2.25. The predicted molar refractivity (Wildman–Crippen MR) is 130 cm³/mol. The maximum atomic E-state index is 12.7. The van der Waals surface area contributed by atoms with Crippen LogP contribution in [0.5, 0.6) is 5.75 Å². The largest absolute Gasteiger partial charge is 0.479 e. The Kier molecular flexibility index (Phi) is 10.1. The summed E-state index contributed by atoms with van der Waals surface area (Å²) in [5, 5.41) is 8.07. The van der Waals surface area contributed by atoms with E-state index in [-0.39, 0.29) is 10.9 Å². The number of amides is 2. The molecular weight excluding hydrogens is 496 g/mol. The van der Waals surface area contributed by atoms with Gasteiger partial charge in [-0.05, 0) is 43.5 Å². The lowest BCUT2D eigenvalue weighted by Gasteiger charge is -2.22. The van der Waals surface area contributed by atoms with Crippen LogP contribution in [0.15, 0.2) is 41.5 Å². The van der Waals surface area contributed by atoms with Crippen LogP contribution in [0.1, 0.15) is 32.8 Å². The highest BCUT2D eigenvalue weighted by atomic mass is 35.5. The molecule has 10 heteroatoms. The van der Waals surface area contributed by atoms with Gasteiger partial charge in [0.2, 0.25) is 0 Å². The number of hydrogen-bond donors (Lipinski definition) is 2. The molecule has 2 rings (SSSR count). The van der Waals surface area contributed by atoms with Crippen LogP contribution >= 0.6 is 46.4 Å². The van der Waals surface area contributed by atoms with Gasteiger partial charge in [0.15, 0.2) is 6.10 Å². The first kappa shape index (κ1) is 26.3. The molecule has 0 saturated heterocycles. The van der Waals surface area contributed by atoms with Crippen molar-refractivity contribution in [3.8, 4) is 5.75 Å². The number of rotatable bonds is 9. The normalized spacial score (nSPS) is 13.1. The van der Waals surface area contributed by atoms with E-state index in [2.05, 4.69) is 15.8 Å². The number of carbonyl (C=O) groups is 2. The predicted octanol–water partition coefficient (Wildman–Crippen LogP) is 5.75. The zero-order chi connectivity index (χ0) is 23.8. The van der Waals surface area contributed by atoms with Crippen LogP contribution < -0.4 is 15.5 Å². The molecule has 0 unspecified atom stereocenters. The van der Waals surface area contributed by atoms with Crippen LogP contribution in [-0.4, -0.2) is 30.2 Å². The summed E-state index contributed by atoms with van der Waals surface area (Å²) < 4.78 is 5.62. The standard InChI is InChI=1S/C22H23Cl4N3O3/c1-12(2)9-18(22(31)29-27-11-14-5-4-6-16(24)20(14)26)28-21(30)13(3)32-19-8-7-15(23)10-17(19)25/h4-8,10-13,18H,9H2,1-3H3,(H,28,30)(H,29,31)/b27-11-/t13-,18-/m1/s1. The second-order valence-electron chi connectivity index (χ2n) is 7.40. The van der Waals surface area contributed by atoms with Gasteiger partial charge >= 0.3 is 0 Å². The summed E-state index contributed by atoms with van der Waals surface area (Å²) in [6.45, 7) is 5.44. The van der Waals surface area contributed by atoms with Crippen molar-refractivity contribution in [3.05, 3.63) is 62.1 Å². The Bertz CT molecular complexity index is 998. The van der Waals surface area contributed by atoms with Crippen LogP contribution in [0.3, 0.4) is 0 Å². The molecule has 32 heavy (non-hydrogen) atoms. The Hall–Kier alpha value is -1.99. The number of halogens is 4. The van der Waals surface area contributed by atoms with Crippen molar-refractivity contribution in [2.45, 2.75) is 39.3 Å². The van der Waals surface area contributed by atoms with Crippen molar-refractivity contribution in [3.63, 3.8) is 0 Å². The van der Waals surface area contributed by atoms with E-state index in [0.29, 0.717) is 32.8 Å². The van der Waals surface area contributed by atoms with E-state index in [9.17, 15) is 9.59 Å². The van der Waals surface area contributed by atoms with Gasteiger partial charge in [-0.25, -0.2) is 5.43 Å². The quantitative estimate of drug-likeness (QED) is 0.327. The van der Waals surface area contributed by atoms with Gasteiger partial charge < -0.3 is 10.1 Å². The molecule has 2 aromatic carbocycles. The molecule has 2 amide bonds. The number of nitrogens with one attached hydrogen (secondary N) is 2. The first-order valence-corrected chi connectivity index (χ1v) is 11.3. The third-order valence-electron chi connectivity index (χ3n) is 4.27. The molecule has 6 nitrogen and oxygen atoms in total. The summed E-state index contributed by atoms with van der Waals surface area (Å²) in [6.07, 6.45) is 0.888. The highest BCUT2D eigenvalue weighted by molar-refractivity contribution is 6.43. The number of ether oxygens (including phenoxy) is 1. The smallest absolute Gasteiger partial charge is 0.262 e. The Morgan fingerprint density at radius 1 is 1.03 bits per heavy atom. The maximum absolute atomic E-state index is 12.7. The Balaban J connectivity index is 2.03. The maximum Gasteiger partial charge on any atom is 0.262 e. The third kappa shape index (κ3) is 7.85. The van der Waals surface area contributed by atoms with Crippen LogP contribution in [0.2, 0.25) is 20.1 Å². The summed E-state index contributed by atoms with van der Waals surface area (Å²) in [7, 11) is 0. The van der Waals surface area contributed by atoms with Crippen molar-refractivity contribution in [2.75, 3.05) is 0 Å². The minimum Gasteiger partial charge on any atom is -0.479 e. The van der Waals surface area contributed by atoms with Gasteiger partial charge in [0.25, 0.3) is 11.8 Å². The van der Waals surface area contributed by atoms with Crippen molar-refractivity contribution in [1.29, 1.82) is 0 Å². The molecule has 2 aromatic rings. The average molecular weight is 519 g/mol. The zero-order valence-electron chi connectivity index (χ0n) is 17.7. The molecule has 2 atom stereocenters. The molecule has 0 aromatic heterocycles. The van der Waals surface area contributed by atoms with Gasteiger partial charge in [-0.15, -0.1) is 0 Å². The van der Waals surface area contributed by atoms with E-state index < -0.39 is 24.0 Å². The molecule has 0 fully saturated rings.